The van der Waals surface area contributed by atoms with E-state index in [0.717, 1.165) is 0 Å². The third-order valence-electron chi connectivity index (χ3n) is 1.92. The summed E-state index contributed by atoms with van der Waals surface area (Å²) in [5, 5.41) is 7.22. The average Bonchev–Trinajstić information content (AvgIpc) is 2.02. The molecule has 0 aliphatic rings. The van der Waals surface area contributed by atoms with E-state index in [9.17, 15) is 4.55 Å². The van der Waals surface area contributed by atoms with Gasteiger partial charge in [0.15, 0.2) is 0 Å². The lowest BCUT2D eigenvalue weighted by Crippen LogP contribution is -2.44. The van der Waals surface area contributed by atoms with Crippen LogP contribution in [0.2, 0.25) is 0 Å². The van der Waals surface area contributed by atoms with Crippen LogP contribution in [0.25, 0.3) is 0 Å². The lowest BCUT2D eigenvalue weighted by molar-refractivity contribution is 0.537. The van der Waals surface area contributed by atoms with Gasteiger partial charge in [0.2, 0.25) is 0 Å². The minimum atomic E-state index is -1.15. The van der Waals surface area contributed by atoms with Crippen molar-refractivity contribution in [1.29, 1.82) is 5.41 Å². The van der Waals surface area contributed by atoms with Gasteiger partial charge >= 0.3 is 0 Å². The normalized spacial score (nSPS) is 18.0. The van der Waals surface area contributed by atoms with Gasteiger partial charge < -0.3 is 15.7 Å². The topological polar surface area (TPSA) is 85.0 Å². The number of hydrogen-bond acceptors (Lipinski definition) is 4. The minimum absolute atomic E-state index is 0.174. The highest BCUT2D eigenvalue weighted by Crippen LogP contribution is 2.15. The van der Waals surface area contributed by atoms with E-state index in [1.54, 1.807) is 6.92 Å². The van der Waals surface area contributed by atoms with Gasteiger partial charge in [-0.25, -0.2) is 0 Å². The van der Waals surface area contributed by atoms with Crippen molar-refractivity contribution < 1.29 is 4.55 Å². The second-order valence-corrected chi connectivity index (χ2v) is 6.50. The van der Waals surface area contributed by atoms with Gasteiger partial charge in [-0.2, -0.15) is 0 Å². The lowest BCUT2D eigenvalue weighted by atomic mass is 10.1. The molecule has 1 unspecified atom stereocenters. The standard InChI is InChI=1S/C10H21N3OS/c1-7(12)9(6-11)8(2)13-15(14)10(3,4)5/h6,8,11,13H,12H2,1-5H3/b9-7+,11-6?/t8-,15?/m0/s1. The summed E-state index contributed by atoms with van der Waals surface area (Å²) >= 11 is -1.15. The molecule has 0 heterocycles. The van der Waals surface area contributed by atoms with Crippen LogP contribution < -0.4 is 10.5 Å². The van der Waals surface area contributed by atoms with Crippen LogP contribution in [-0.2, 0) is 11.4 Å². The summed E-state index contributed by atoms with van der Waals surface area (Å²) in [5.74, 6) is 0. The Morgan fingerprint density at radius 2 is 2.00 bits per heavy atom. The Bertz CT molecular complexity index is 254. The van der Waals surface area contributed by atoms with E-state index < -0.39 is 11.4 Å². The van der Waals surface area contributed by atoms with Crippen molar-refractivity contribution in [3.8, 4) is 0 Å². The molecule has 0 aliphatic heterocycles. The zero-order chi connectivity index (χ0) is 12.2. The van der Waals surface area contributed by atoms with Crippen molar-refractivity contribution in [3.63, 3.8) is 0 Å². The highest BCUT2D eigenvalue weighted by atomic mass is 32.2. The van der Waals surface area contributed by atoms with Crippen LogP contribution in [0.1, 0.15) is 34.6 Å². The molecule has 15 heavy (non-hydrogen) atoms. The van der Waals surface area contributed by atoms with Crippen LogP contribution in [0.4, 0.5) is 0 Å². The molecule has 88 valence electrons. The number of allylic oxidation sites excluding steroid dienone is 1. The van der Waals surface area contributed by atoms with Crippen LogP contribution in [0.5, 0.6) is 0 Å². The van der Waals surface area contributed by atoms with Gasteiger partial charge in [-0.1, -0.05) is 0 Å². The fourth-order valence-electron chi connectivity index (χ4n) is 0.981. The summed E-state index contributed by atoms with van der Waals surface area (Å²) in [7, 11) is 0. The maximum absolute atomic E-state index is 11.8. The summed E-state index contributed by atoms with van der Waals surface area (Å²) in [6.07, 6.45) is 1.20. The van der Waals surface area contributed by atoms with Crippen LogP contribution in [0, 0.1) is 5.41 Å². The van der Waals surface area contributed by atoms with Crippen LogP contribution in [-0.4, -0.2) is 21.6 Å². The van der Waals surface area contributed by atoms with Gasteiger partial charge in [0.25, 0.3) is 0 Å². The molecule has 4 N–H and O–H groups in total. The molecule has 0 aromatic carbocycles. The molecule has 0 saturated heterocycles. The van der Waals surface area contributed by atoms with Crippen molar-refractivity contribution in [2.75, 3.05) is 0 Å². The first-order valence-electron chi connectivity index (χ1n) is 4.85. The van der Waals surface area contributed by atoms with Crippen molar-refractivity contribution in [3.05, 3.63) is 11.3 Å². The third-order valence-corrected chi connectivity index (χ3v) is 3.60. The van der Waals surface area contributed by atoms with E-state index in [0.29, 0.717) is 11.3 Å². The van der Waals surface area contributed by atoms with E-state index in [4.69, 9.17) is 11.1 Å². The molecule has 0 bridgehead atoms. The van der Waals surface area contributed by atoms with E-state index >= 15 is 0 Å². The fraction of sp³-hybridized carbons (Fsp3) is 0.700. The highest BCUT2D eigenvalue weighted by molar-refractivity contribution is 7.90. The monoisotopic (exact) mass is 231 g/mol. The molecule has 0 spiro atoms. The fourth-order valence-corrected chi connectivity index (χ4v) is 1.78. The minimum Gasteiger partial charge on any atom is -0.598 e. The molecule has 0 aromatic rings. The Morgan fingerprint density at radius 1 is 1.53 bits per heavy atom. The maximum atomic E-state index is 11.8. The Hall–Kier alpha value is -0.520. The number of nitrogens with two attached hydrogens (primary N) is 1. The Balaban J connectivity index is 4.57. The molecule has 0 radical (unpaired) electrons. The number of nitrogens with one attached hydrogen (secondary N) is 2. The molecule has 5 heteroatoms. The van der Waals surface area contributed by atoms with Gasteiger partial charge in [0, 0.05) is 28.8 Å². The molecular formula is C10H21N3OS. The molecule has 0 rings (SSSR count). The molecule has 4 nitrogen and oxygen atoms in total. The van der Waals surface area contributed by atoms with Gasteiger partial charge in [0.05, 0.1) is 6.04 Å². The smallest absolute Gasteiger partial charge is 0.136 e. The van der Waals surface area contributed by atoms with Gasteiger partial charge in [-0.15, -0.1) is 4.72 Å². The van der Waals surface area contributed by atoms with Crippen molar-refractivity contribution in [1.82, 2.24) is 4.72 Å². The molecule has 0 aliphatic carbocycles. The SMILES string of the molecule is C/C(N)=C(/C=N)[C@H](C)N[S+]([O-])C(C)(C)C. The van der Waals surface area contributed by atoms with E-state index in [2.05, 4.69) is 4.72 Å². The van der Waals surface area contributed by atoms with Crippen molar-refractivity contribution >= 4 is 17.6 Å². The lowest BCUT2D eigenvalue weighted by Gasteiger charge is -2.27. The Labute approximate surface area is 95.1 Å². The molecule has 0 aromatic heterocycles. The molecule has 0 saturated carbocycles. The average molecular weight is 231 g/mol. The predicted octanol–water partition coefficient (Wildman–Crippen LogP) is 1.31. The summed E-state index contributed by atoms with van der Waals surface area (Å²) in [6.45, 7) is 9.27. The summed E-state index contributed by atoms with van der Waals surface area (Å²) in [5.41, 5.74) is 6.88. The highest BCUT2D eigenvalue weighted by Gasteiger charge is 2.28. The van der Waals surface area contributed by atoms with Crippen LogP contribution in [0.3, 0.4) is 0 Å². The van der Waals surface area contributed by atoms with Crippen molar-refractivity contribution in [2.24, 2.45) is 5.73 Å². The first-order chi connectivity index (χ1) is 6.70. The van der Waals surface area contributed by atoms with Gasteiger partial charge in [-0.3, -0.25) is 0 Å². The van der Waals surface area contributed by atoms with Gasteiger partial charge in [0.1, 0.15) is 4.75 Å². The zero-order valence-corrected chi connectivity index (χ0v) is 10.9. The van der Waals surface area contributed by atoms with Crippen LogP contribution in [0.15, 0.2) is 11.3 Å². The predicted molar refractivity (Wildman–Crippen MR) is 66.2 cm³/mol. The molecule has 2 atom stereocenters. The quantitative estimate of drug-likeness (QED) is 0.504. The zero-order valence-electron chi connectivity index (χ0n) is 10.0. The van der Waals surface area contributed by atoms with Crippen molar-refractivity contribution in [2.45, 2.75) is 45.4 Å². The maximum Gasteiger partial charge on any atom is 0.136 e. The van der Waals surface area contributed by atoms with E-state index in [-0.39, 0.29) is 10.8 Å². The third kappa shape index (κ3) is 4.68. The first kappa shape index (κ1) is 14.5. The molecular weight excluding hydrogens is 210 g/mol. The summed E-state index contributed by atoms with van der Waals surface area (Å²) < 4.78 is 14.4. The first-order valence-corrected chi connectivity index (χ1v) is 6.00. The van der Waals surface area contributed by atoms with Crippen LogP contribution >= 0.6 is 0 Å². The Morgan fingerprint density at radius 3 is 2.27 bits per heavy atom. The van der Waals surface area contributed by atoms with Gasteiger partial charge in [-0.05, 0) is 34.6 Å². The molecule has 0 fully saturated rings. The molecule has 0 amide bonds. The number of rotatable bonds is 4. The Kier molecular flexibility index (Phi) is 5.34. The largest absolute Gasteiger partial charge is 0.598 e. The summed E-state index contributed by atoms with van der Waals surface area (Å²) in [6, 6.07) is -0.174. The van der Waals surface area contributed by atoms with E-state index in [1.807, 2.05) is 27.7 Å². The second-order valence-electron chi connectivity index (χ2n) is 4.50. The number of hydrogen-bond donors (Lipinski definition) is 3. The van der Waals surface area contributed by atoms with E-state index in [1.165, 1.54) is 6.21 Å². The summed E-state index contributed by atoms with van der Waals surface area (Å²) in [4.78, 5) is 0. The second kappa shape index (κ2) is 5.53.